The second-order valence-electron chi connectivity index (χ2n) is 5.23. The van der Waals surface area contributed by atoms with Gasteiger partial charge in [-0.15, -0.1) is 0 Å². The van der Waals surface area contributed by atoms with Gasteiger partial charge in [-0.3, -0.25) is 4.79 Å². The summed E-state index contributed by atoms with van der Waals surface area (Å²) in [6.45, 7) is 0.903. The van der Waals surface area contributed by atoms with Gasteiger partial charge < -0.3 is 9.32 Å². The average Bonchev–Trinajstić information content (AvgIpc) is 2.91. The Bertz CT molecular complexity index is 383. The van der Waals surface area contributed by atoms with Crippen LogP contribution in [0.15, 0.2) is 22.8 Å². The molecular weight excluding hydrogens is 214 g/mol. The van der Waals surface area contributed by atoms with Crippen LogP contribution in [0.25, 0.3) is 0 Å². The van der Waals surface area contributed by atoms with Crippen LogP contribution >= 0.6 is 0 Å². The zero-order valence-corrected chi connectivity index (χ0v) is 10.1. The van der Waals surface area contributed by atoms with Gasteiger partial charge in [-0.05, 0) is 43.7 Å². The number of furan rings is 1. The summed E-state index contributed by atoms with van der Waals surface area (Å²) in [6, 6.07) is 4.03. The molecule has 2 atom stereocenters. The Morgan fingerprint density at radius 3 is 2.88 bits per heavy atom. The van der Waals surface area contributed by atoms with Gasteiger partial charge in [0.05, 0.1) is 6.26 Å². The number of rotatable bonds is 1. The maximum atomic E-state index is 12.3. The van der Waals surface area contributed by atoms with Crippen molar-refractivity contribution in [2.75, 3.05) is 6.54 Å². The van der Waals surface area contributed by atoms with Crippen molar-refractivity contribution in [3.8, 4) is 0 Å². The van der Waals surface area contributed by atoms with Crippen molar-refractivity contribution in [2.24, 2.45) is 5.92 Å². The summed E-state index contributed by atoms with van der Waals surface area (Å²) in [5.74, 6) is 1.32. The standard InChI is InChI=1S/C14H19NO2/c16-14(13-8-4-10-17-13)15-9-3-6-11-5-1-2-7-12(11)15/h4,8,10-12H,1-3,5-7,9H2/t11-,12+/m1/s1. The average molecular weight is 233 g/mol. The highest BCUT2D eigenvalue weighted by Gasteiger charge is 2.36. The van der Waals surface area contributed by atoms with E-state index in [9.17, 15) is 4.79 Å². The summed E-state index contributed by atoms with van der Waals surface area (Å²) in [4.78, 5) is 14.4. The number of hydrogen-bond acceptors (Lipinski definition) is 2. The van der Waals surface area contributed by atoms with Gasteiger partial charge in [0.2, 0.25) is 0 Å². The molecule has 0 radical (unpaired) electrons. The second-order valence-corrected chi connectivity index (χ2v) is 5.23. The first-order valence-corrected chi connectivity index (χ1v) is 6.71. The number of nitrogens with zero attached hydrogens (tertiary/aromatic N) is 1. The molecule has 0 spiro atoms. The Morgan fingerprint density at radius 1 is 1.24 bits per heavy atom. The van der Waals surface area contributed by atoms with E-state index < -0.39 is 0 Å². The van der Waals surface area contributed by atoms with Gasteiger partial charge in [0.15, 0.2) is 5.76 Å². The van der Waals surface area contributed by atoms with Crippen molar-refractivity contribution in [3.05, 3.63) is 24.2 Å². The first-order chi connectivity index (χ1) is 8.36. The predicted molar refractivity (Wildman–Crippen MR) is 64.7 cm³/mol. The van der Waals surface area contributed by atoms with Crippen LogP contribution in [-0.2, 0) is 0 Å². The van der Waals surface area contributed by atoms with Crippen LogP contribution in [0, 0.1) is 5.92 Å². The molecule has 0 unspecified atom stereocenters. The van der Waals surface area contributed by atoms with Crippen LogP contribution in [0.5, 0.6) is 0 Å². The predicted octanol–water partition coefficient (Wildman–Crippen LogP) is 3.07. The topological polar surface area (TPSA) is 33.5 Å². The smallest absolute Gasteiger partial charge is 0.289 e. The van der Waals surface area contributed by atoms with Gasteiger partial charge in [0, 0.05) is 12.6 Å². The molecule has 1 amide bonds. The second kappa shape index (κ2) is 4.55. The minimum Gasteiger partial charge on any atom is -0.459 e. The van der Waals surface area contributed by atoms with Crippen LogP contribution in [0.4, 0.5) is 0 Å². The van der Waals surface area contributed by atoms with E-state index in [-0.39, 0.29) is 5.91 Å². The van der Waals surface area contributed by atoms with Crippen molar-refractivity contribution in [2.45, 2.75) is 44.6 Å². The maximum Gasteiger partial charge on any atom is 0.289 e. The summed E-state index contributed by atoms with van der Waals surface area (Å²) in [7, 11) is 0. The molecule has 1 aliphatic heterocycles. The molecule has 3 nitrogen and oxygen atoms in total. The maximum absolute atomic E-state index is 12.3. The summed E-state index contributed by atoms with van der Waals surface area (Å²) in [5, 5.41) is 0. The number of likely N-dealkylation sites (tertiary alicyclic amines) is 1. The highest BCUT2D eigenvalue weighted by molar-refractivity contribution is 5.91. The Kier molecular flexibility index (Phi) is 2.91. The largest absolute Gasteiger partial charge is 0.459 e. The van der Waals surface area contributed by atoms with E-state index in [1.54, 1.807) is 18.4 Å². The molecule has 2 heterocycles. The molecule has 1 aromatic heterocycles. The third-order valence-corrected chi connectivity index (χ3v) is 4.24. The molecule has 92 valence electrons. The highest BCUT2D eigenvalue weighted by atomic mass is 16.3. The molecule has 0 aromatic carbocycles. The minimum atomic E-state index is 0.0894. The van der Waals surface area contributed by atoms with Gasteiger partial charge >= 0.3 is 0 Å². The minimum absolute atomic E-state index is 0.0894. The lowest BCUT2D eigenvalue weighted by atomic mass is 9.78. The number of carbonyl (C=O) groups excluding carboxylic acids is 1. The molecule has 1 aromatic rings. The highest BCUT2D eigenvalue weighted by Crippen LogP contribution is 2.35. The number of fused-ring (bicyclic) bond motifs is 1. The van der Waals surface area contributed by atoms with E-state index in [1.807, 2.05) is 0 Å². The first-order valence-electron chi connectivity index (χ1n) is 6.71. The normalized spacial score (nSPS) is 28.8. The van der Waals surface area contributed by atoms with E-state index in [1.165, 1.54) is 32.1 Å². The number of piperidine rings is 1. The van der Waals surface area contributed by atoms with E-state index >= 15 is 0 Å². The van der Waals surface area contributed by atoms with Crippen LogP contribution in [0.1, 0.15) is 49.1 Å². The monoisotopic (exact) mass is 233 g/mol. The van der Waals surface area contributed by atoms with Crippen molar-refractivity contribution in [1.29, 1.82) is 0 Å². The molecular formula is C14H19NO2. The molecule has 3 heteroatoms. The van der Waals surface area contributed by atoms with Crippen LogP contribution in [-0.4, -0.2) is 23.4 Å². The number of hydrogen-bond donors (Lipinski definition) is 0. The Balaban J connectivity index is 1.79. The van der Waals surface area contributed by atoms with Gasteiger partial charge in [0.1, 0.15) is 0 Å². The summed E-state index contributed by atoms with van der Waals surface area (Å²) < 4.78 is 5.24. The Hall–Kier alpha value is -1.25. The van der Waals surface area contributed by atoms with E-state index in [2.05, 4.69) is 4.90 Å². The van der Waals surface area contributed by atoms with Gasteiger partial charge in [-0.1, -0.05) is 12.8 Å². The van der Waals surface area contributed by atoms with Crippen molar-refractivity contribution in [3.63, 3.8) is 0 Å². The SMILES string of the molecule is O=C(c1ccco1)N1CCC[C@H]2CCCC[C@@H]21. The van der Waals surface area contributed by atoms with Crippen molar-refractivity contribution in [1.82, 2.24) is 4.90 Å². The third kappa shape index (κ3) is 1.99. The van der Waals surface area contributed by atoms with E-state index in [0.717, 1.165) is 18.9 Å². The lowest BCUT2D eigenvalue weighted by molar-refractivity contribution is 0.0362. The van der Waals surface area contributed by atoms with Crippen molar-refractivity contribution >= 4 is 5.91 Å². The molecule has 2 fully saturated rings. The molecule has 3 rings (SSSR count). The van der Waals surface area contributed by atoms with Crippen LogP contribution < -0.4 is 0 Å². The Morgan fingerprint density at radius 2 is 2.06 bits per heavy atom. The van der Waals surface area contributed by atoms with Gasteiger partial charge in [-0.25, -0.2) is 0 Å². The van der Waals surface area contributed by atoms with Gasteiger partial charge in [-0.2, -0.15) is 0 Å². The zero-order valence-electron chi connectivity index (χ0n) is 10.1. The molecule has 2 aliphatic rings. The quantitative estimate of drug-likeness (QED) is 0.747. The number of carbonyl (C=O) groups is 1. The fourth-order valence-electron chi connectivity index (χ4n) is 3.42. The third-order valence-electron chi connectivity index (χ3n) is 4.24. The van der Waals surface area contributed by atoms with Gasteiger partial charge in [0.25, 0.3) is 5.91 Å². The van der Waals surface area contributed by atoms with E-state index in [0.29, 0.717) is 11.8 Å². The summed E-state index contributed by atoms with van der Waals surface area (Å²) >= 11 is 0. The first kappa shape index (κ1) is 10.9. The number of amides is 1. The van der Waals surface area contributed by atoms with E-state index in [4.69, 9.17) is 4.42 Å². The molecule has 0 N–H and O–H groups in total. The molecule has 1 saturated carbocycles. The fraction of sp³-hybridized carbons (Fsp3) is 0.643. The van der Waals surface area contributed by atoms with Crippen LogP contribution in [0.2, 0.25) is 0 Å². The molecule has 1 saturated heterocycles. The lowest BCUT2D eigenvalue weighted by Gasteiger charge is -2.43. The Labute approximate surface area is 102 Å². The van der Waals surface area contributed by atoms with Crippen LogP contribution in [0.3, 0.4) is 0 Å². The van der Waals surface area contributed by atoms with Crippen molar-refractivity contribution < 1.29 is 9.21 Å². The molecule has 1 aliphatic carbocycles. The zero-order chi connectivity index (χ0) is 11.7. The lowest BCUT2D eigenvalue weighted by Crippen LogP contribution is -2.49. The molecule has 0 bridgehead atoms. The fourth-order valence-corrected chi connectivity index (χ4v) is 3.42. The summed E-state index contributed by atoms with van der Waals surface area (Å²) in [5.41, 5.74) is 0. The summed E-state index contributed by atoms with van der Waals surface area (Å²) in [6.07, 6.45) is 9.10. The molecule has 17 heavy (non-hydrogen) atoms.